The van der Waals surface area contributed by atoms with Crippen LogP contribution in [0.25, 0.3) is 0 Å². The molecule has 1 atom stereocenters. The maximum absolute atomic E-state index is 11.9. The number of esters is 1. The molecule has 112 valence electrons. The van der Waals surface area contributed by atoms with Crippen LogP contribution in [0.5, 0.6) is 0 Å². The van der Waals surface area contributed by atoms with Gasteiger partial charge in [-0.05, 0) is 11.6 Å². The van der Waals surface area contributed by atoms with Gasteiger partial charge in [0.05, 0.1) is 5.92 Å². The third-order valence-corrected chi connectivity index (χ3v) is 3.59. The summed E-state index contributed by atoms with van der Waals surface area (Å²) in [6.45, 7) is 0.133. The van der Waals surface area contributed by atoms with Gasteiger partial charge < -0.3 is 15.4 Å². The SMILES string of the molecule is NC(=O)COC(=O)C1CC(=O)N(Cc2ccccc2Cl)C1. The summed E-state index contributed by atoms with van der Waals surface area (Å²) in [5.74, 6) is -2.01. The van der Waals surface area contributed by atoms with Gasteiger partial charge in [-0.1, -0.05) is 29.8 Å². The van der Waals surface area contributed by atoms with Gasteiger partial charge in [0.2, 0.25) is 5.91 Å². The minimum Gasteiger partial charge on any atom is -0.455 e. The van der Waals surface area contributed by atoms with Gasteiger partial charge in [-0.3, -0.25) is 14.4 Å². The number of carbonyl (C=O) groups is 3. The molecule has 1 aliphatic heterocycles. The first-order valence-electron chi connectivity index (χ1n) is 6.43. The van der Waals surface area contributed by atoms with Crippen molar-refractivity contribution in [2.45, 2.75) is 13.0 Å². The van der Waals surface area contributed by atoms with Gasteiger partial charge in [0.1, 0.15) is 0 Å². The summed E-state index contributed by atoms with van der Waals surface area (Å²) < 4.78 is 4.74. The van der Waals surface area contributed by atoms with E-state index in [1.165, 1.54) is 0 Å². The predicted molar refractivity (Wildman–Crippen MR) is 75.1 cm³/mol. The summed E-state index contributed by atoms with van der Waals surface area (Å²) in [5.41, 5.74) is 5.72. The lowest BCUT2D eigenvalue weighted by Crippen LogP contribution is -2.28. The van der Waals surface area contributed by atoms with Crippen molar-refractivity contribution in [3.8, 4) is 0 Å². The van der Waals surface area contributed by atoms with Gasteiger partial charge in [-0.15, -0.1) is 0 Å². The number of hydrogen-bond donors (Lipinski definition) is 1. The van der Waals surface area contributed by atoms with E-state index in [9.17, 15) is 14.4 Å². The second-order valence-electron chi connectivity index (χ2n) is 4.84. The molecule has 0 aromatic heterocycles. The lowest BCUT2D eigenvalue weighted by atomic mass is 10.1. The third kappa shape index (κ3) is 3.95. The highest BCUT2D eigenvalue weighted by Gasteiger charge is 2.35. The summed E-state index contributed by atoms with van der Waals surface area (Å²) in [7, 11) is 0. The minimum absolute atomic E-state index is 0.0715. The van der Waals surface area contributed by atoms with E-state index >= 15 is 0 Å². The molecule has 1 aromatic rings. The van der Waals surface area contributed by atoms with E-state index in [-0.39, 0.29) is 18.9 Å². The van der Waals surface area contributed by atoms with E-state index in [0.29, 0.717) is 11.6 Å². The van der Waals surface area contributed by atoms with Crippen molar-refractivity contribution in [2.24, 2.45) is 11.7 Å². The molecule has 6 nitrogen and oxygen atoms in total. The van der Waals surface area contributed by atoms with Crippen LogP contribution in [0.3, 0.4) is 0 Å². The van der Waals surface area contributed by atoms with E-state index in [4.69, 9.17) is 22.1 Å². The number of likely N-dealkylation sites (tertiary alicyclic amines) is 1. The fourth-order valence-corrected chi connectivity index (χ4v) is 2.37. The molecule has 1 aliphatic rings. The van der Waals surface area contributed by atoms with Gasteiger partial charge in [-0.25, -0.2) is 0 Å². The molecule has 0 aliphatic carbocycles. The van der Waals surface area contributed by atoms with E-state index in [0.717, 1.165) is 5.56 Å². The molecule has 2 rings (SSSR count). The number of nitrogens with two attached hydrogens (primary N) is 1. The highest BCUT2D eigenvalue weighted by atomic mass is 35.5. The number of ether oxygens (including phenoxy) is 1. The molecule has 2 amide bonds. The van der Waals surface area contributed by atoms with Crippen LogP contribution in [-0.4, -0.2) is 35.8 Å². The largest absolute Gasteiger partial charge is 0.455 e. The quantitative estimate of drug-likeness (QED) is 0.811. The molecule has 0 bridgehead atoms. The standard InChI is InChI=1S/C14H15ClN2O4/c15-11-4-2-1-3-9(11)6-17-7-10(5-13(17)19)14(20)21-8-12(16)18/h1-4,10H,5-8H2,(H2,16,18). The third-order valence-electron chi connectivity index (χ3n) is 3.22. The number of nitrogens with zero attached hydrogens (tertiary/aromatic N) is 1. The van der Waals surface area contributed by atoms with Crippen LogP contribution in [-0.2, 0) is 25.7 Å². The Balaban J connectivity index is 1.95. The molecule has 1 unspecified atom stereocenters. The predicted octanol–water partition coefficient (Wildman–Crippen LogP) is 0.717. The summed E-state index contributed by atoms with van der Waals surface area (Å²) >= 11 is 6.05. The summed E-state index contributed by atoms with van der Waals surface area (Å²) in [4.78, 5) is 35.8. The second kappa shape index (κ2) is 6.58. The molecule has 1 aromatic carbocycles. The van der Waals surface area contributed by atoms with Crippen molar-refractivity contribution < 1.29 is 19.1 Å². The first-order chi connectivity index (χ1) is 9.97. The molecule has 21 heavy (non-hydrogen) atoms. The fourth-order valence-electron chi connectivity index (χ4n) is 2.18. The van der Waals surface area contributed by atoms with Gasteiger partial charge in [0.15, 0.2) is 6.61 Å². The Labute approximate surface area is 126 Å². The van der Waals surface area contributed by atoms with Crippen LogP contribution < -0.4 is 5.73 Å². The maximum atomic E-state index is 11.9. The molecule has 0 radical (unpaired) electrons. The topological polar surface area (TPSA) is 89.7 Å². The summed E-state index contributed by atoms with van der Waals surface area (Å²) in [6, 6.07) is 7.21. The number of amides is 2. The maximum Gasteiger partial charge on any atom is 0.311 e. The molecular weight excluding hydrogens is 296 g/mol. The Kier molecular flexibility index (Phi) is 4.80. The monoisotopic (exact) mass is 310 g/mol. The van der Waals surface area contributed by atoms with Crippen LogP contribution in [0.15, 0.2) is 24.3 Å². The van der Waals surface area contributed by atoms with Crippen LogP contribution in [0.1, 0.15) is 12.0 Å². The van der Waals surface area contributed by atoms with E-state index in [1.807, 2.05) is 18.2 Å². The fraction of sp³-hybridized carbons (Fsp3) is 0.357. The van der Waals surface area contributed by atoms with Gasteiger partial charge >= 0.3 is 5.97 Å². The number of rotatable bonds is 5. The minimum atomic E-state index is -0.722. The number of primary amides is 1. The first kappa shape index (κ1) is 15.3. The Morgan fingerprint density at radius 1 is 1.38 bits per heavy atom. The number of hydrogen-bond acceptors (Lipinski definition) is 4. The van der Waals surface area contributed by atoms with Crippen LogP contribution >= 0.6 is 11.6 Å². The number of carbonyl (C=O) groups excluding carboxylic acids is 3. The Bertz CT molecular complexity index is 576. The second-order valence-corrected chi connectivity index (χ2v) is 5.25. The van der Waals surface area contributed by atoms with Crippen molar-refractivity contribution in [1.82, 2.24) is 4.90 Å². The van der Waals surface area contributed by atoms with E-state index in [2.05, 4.69) is 0 Å². The first-order valence-corrected chi connectivity index (χ1v) is 6.81. The van der Waals surface area contributed by atoms with Gasteiger partial charge in [0, 0.05) is 24.5 Å². The van der Waals surface area contributed by atoms with Crippen molar-refractivity contribution in [3.05, 3.63) is 34.9 Å². The zero-order valence-corrected chi connectivity index (χ0v) is 12.0. The molecule has 7 heteroatoms. The Morgan fingerprint density at radius 3 is 2.76 bits per heavy atom. The molecule has 1 saturated heterocycles. The summed E-state index contributed by atoms with van der Waals surface area (Å²) in [6.07, 6.45) is 0.0715. The van der Waals surface area contributed by atoms with Crippen molar-refractivity contribution in [1.29, 1.82) is 0 Å². The van der Waals surface area contributed by atoms with Crippen LogP contribution in [0, 0.1) is 5.92 Å². The highest BCUT2D eigenvalue weighted by molar-refractivity contribution is 6.31. The van der Waals surface area contributed by atoms with Crippen LogP contribution in [0.2, 0.25) is 5.02 Å². The average molecular weight is 311 g/mol. The van der Waals surface area contributed by atoms with Crippen molar-refractivity contribution >= 4 is 29.4 Å². The molecule has 0 spiro atoms. The molecule has 1 heterocycles. The van der Waals surface area contributed by atoms with Gasteiger partial charge in [0.25, 0.3) is 5.91 Å². The lowest BCUT2D eigenvalue weighted by molar-refractivity contribution is -0.151. The molecule has 0 saturated carbocycles. The average Bonchev–Trinajstić information content (AvgIpc) is 2.80. The molecular formula is C14H15ClN2O4. The Morgan fingerprint density at radius 2 is 2.10 bits per heavy atom. The van der Waals surface area contributed by atoms with Crippen molar-refractivity contribution in [2.75, 3.05) is 13.2 Å². The molecule has 2 N–H and O–H groups in total. The van der Waals surface area contributed by atoms with E-state index in [1.54, 1.807) is 11.0 Å². The molecule has 1 fully saturated rings. The van der Waals surface area contributed by atoms with Gasteiger partial charge in [-0.2, -0.15) is 0 Å². The Hall–Kier alpha value is -2.08. The normalized spacial score (nSPS) is 17.9. The number of benzene rings is 1. The zero-order chi connectivity index (χ0) is 15.4. The zero-order valence-electron chi connectivity index (χ0n) is 11.3. The lowest BCUT2D eigenvalue weighted by Gasteiger charge is -2.17. The van der Waals surface area contributed by atoms with Crippen molar-refractivity contribution in [3.63, 3.8) is 0 Å². The van der Waals surface area contributed by atoms with E-state index < -0.39 is 24.4 Å². The smallest absolute Gasteiger partial charge is 0.311 e. The number of halogens is 1. The highest BCUT2D eigenvalue weighted by Crippen LogP contribution is 2.24. The van der Waals surface area contributed by atoms with Crippen LogP contribution in [0.4, 0.5) is 0 Å². The summed E-state index contributed by atoms with van der Waals surface area (Å²) in [5, 5.41) is 0.574.